The number of nitriles is 1. The van der Waals surface area contributed by atoms with Crippen LogP contribution >= 0.6 is 11.6 Å². The highest BCUT2D eigenvalue weighted by atomic mass is 35.5. The van der Waals surface area contributed by atoms with Crippen molar-refractivity contribution < 1.29 is 0 Å². The van der Waals surface area contributed by atoms with E-state index < -0.39 is 0 Å². The van der Waals surface area contributed by atoms with Gasteiger partial charge in [-0.2, -0.15) is 5.26 Å². The average molecular weight is 459 g/mol. The fourth-order valence-corrected chi connectivity index (χ4v) is 4.55. The predicted octanol–water partition coefficient (Wildman–Crippen LogP) is 3.78. The Labute approximate surface area is 196 Å². The molecule has 2 N–H and O–H groups in total. The van der Waals surface area contributed by atoms with Crippen LogP contribution in [0.3, 0.4) is 0 Å². The second-order valence-corrected chi connectivity index (χ2v) is 8.88. The number of fused-ring (bicyclic) bond motifs is 3. The Kier molecular flexibility index (Phi) is 5.44. The summed E-state index contributed by atoms with van der Waals surface area (Å²) in [5, 5.41) is 30.3. The van der Waals surface area contributed by atoms with E-state index in [2.05, 4.69) is 31.1 Å². The number of halogens is 1. The third kappa shape index (κ3) is 3.90. The van der Waals surface area contributed by atoms with Gasteiger partial charge < -0.3 is 15.3 Å². The van der Waals surface area contributed by atoms with Crippen molar-refractivity contribution in [1.29, 1.82) is 10.7 Å². The van der Waals surface area contributed by atoms with Gasteiger partial charge in [-0.3, -0.25) is 9.39 Å². The number of nitrogens with one attached hydrogen (secondary N) is 2. The van der Waals surface area contributed by atoms with E-state index in [-0.39, 0.29) is 5.54 Å². The highest BCUT2D eigenvalue weighted by molar-refractivity contribution is 6.30. The van der Waals surface area contributed by atoms with Gasteiger partial charge in [0.1, 0.15) is 5.82 Å². The van der Waals surface area contributed by atoms with Crippen molar-refractivity contribution in [2.75, 3.05) is 13.1 Å². The zero-order valence-corrected chi connectivity index (χ0v) is 19.0. The summed E-state index contributed by atoms with van der Waals surface area (Å²) in [6, 6.07) is 16.0. The SMILES string of the molecule is Cc1nnc2ccc3c(cc(C(=N)CC=NC4(CC#N)CNC4)n3Cc3cccc(Cl)c3)n12. The molecule has 0 saturated carbocycles. The molecule has 4 aromatic rings. The van der Waals surface area contributed by atoms with Crippen molar-refractivity contribution in [3.8, 4) is 6.07 Å². The Hall–Kier alpha value is -3.54. The molecule has 1 fully saturated rings. The fraction of sp³-hybridized carbons (Fsp3) is 0.292. The van der Waals surface area contributed by atoms with Crippen LogP contribution in [0.4, 0.5) is 0 Å². The number of aromatic nitrogens is 4. The first-order chi connectivity index (χ1) is 16.0. The smallest absolute Gasteiger partial charge is 0.161 e. The largest absolute Gasteiger partial charge is 0.334 e. The van der Waals surface area contributed by atoms with Gasteiger partial charge in [-0.25, -0.2) is 0 Å². The zero-order valence-electron chi connectivity index (χ0n) is 18.2. The first-order valence-electron chi connectivity index (χ1n) is 10.8. The van der Waals surface area contributed by atoms with Crippen LogP contribution < -0.4 is 5.32 Å². The van der Waals surface area contributed by atoms with Gasteiger partial charge in [0.2, 0.25) is 0 Å². The van der Waals surface area contributed by atoms with Gasteiger partial charge in [0.05, 0.1) is 40.5 Å². The summed E-state index contributed by atoms with van der Waals surface area (Å²) >= 11 is 6.23. The summed E-state index contributed by atoms with van der Waals surface area (Å²) in [6.07, 6.45) is 2.54. The second kappa shape index (κ2) is 8.43. The molecule has 0 radical (unpaired) electrons. The number of hydrogen-bond acceptors (Lipinski definition) is 6. The van der Waals surface area contributed by atoms with Crippen LogP contribution in [-0.2, 0) is 6.54 Å². The van der Waals surface area contributed by atoms with Crippen molar-refractivity contribution in [3.63, 3.8) is 0 Å². The van der Waals surface area contributed by atoms with Gasteiger partial charge in [0.25, 0.3) is 0 Å². The van der Waals surface area contributed by atoms with E-state index in [1.807, 2.05) is 53.8 Å². The minimum atomic E-state index is -0.353. The Morgan fingerprint density at radius 1 is 1.27 bits per heavy atom. The minimum absolute atomic E-state index is 0.353. The van der Waals surface area contributed by atoms with E-state index in [1.54, 1.807) is 6.21 Å². The Bertz CT molecular complexity index is 1430. The molecule has 1 saturated heterocycles. The molecule has 5 rings (SSSR count). The lowest BCUT2D eigenvalue weighted by Gasteiger charge is -2.37. The van der Waals surface area contributed by atoms with Crippen molar-refractivity contribution >= 4 is 40.2 Å². The van der Waals surface area contributed by atoms with Crippen molar-refractivity contribution in [2.45, 2.75) is 31.8 Å². The lowest BCUT2D eigenvalue weighted by atomic mass is 9.90. The van der Waals surface area contributed by atoms with E-state index >= 15 is 0 Å². The fourth-order valence-electron chi connectivity index (χ4n) is 4.34. The topological polar surface area (TPSA) is 107 Å². The molecule has 166 valence electrons. The molecule has 3 aromatic heterocycles. The number of aryl methyl sites for hydroxylation is 1. The maximum atomic E-state index is 9.10. The van der Waals surface area contributed by atoms with E-state index in [0.29, 0.717) is 43.2 Å². The Morgan fingerprint density at radius 2 is 2.12 bits per heavy atom. The summed E-state index contributed by atoms with van der Waals surface area (Å²) in [6.45, 7) is 3.90. The number of benzene rings is 1. The highest BCUT2D eigenvalue weighted by Crippen LogP contribution is 2.26. The quantitative estimate of drug-likeness (QED) is 0.411. The summed E-state index contributed by atoms with van der Waals surface area (Å²) in [5.74, 6) is 0.797. The number of nitrogens with zero attached hydrogens (tertiary/aromatic N) is 6. The van der Waals surface area contributed by atoms with Gasteiger partial charge >= 0.3 is 0 Å². The van der Waals surface area contributed by atoms with Crippen LogP contribution in [0.2, 0.25) is 5.02 Å². The highest BCUT2D eigenvalue weighted by Gasteiger charge is 2.35. The maximum absolute atomic E-state index is 9.10. The summed E-state index contributed by atoms with van der Waals surface area (Å²) in [7, 11) is 0. The van der Waals surface area contributed by atoms with Crippen LogP contribution in [0.15, 0.2) is 47.5 Å². The molecule has 33 heavy (non-hydrogen) atoms. The van der Waals surface area contributed by atoms with Crippen LogP contribution in [0.5, 0.6) is 0 Å². The van der Waals surface area contributed by atoms with Crippen LogP contribution in [-0.4, -0.2) is 49.7 Å². The molecular formula is C24H23ClN8. The second-order valence-electron chi connectivity index (χ2n) is 8.45. The summed E-state index contributed by atoms with van der Waals surface area (Å²) < 4.78 is 4.14. The molecule has 0 aliphatic carbocycles. The van der Waals surface area contributed by atoms with E-state index in [9.17, 15) is 0 Å². The maximum Gasteiger partial charge on any atom is 0.161 e. The van der Waals surface area contributed by atoms with Gasteiger partial charge in [-0.15, -0.1) is 10.2 Å². The molecule has 1 aromatic carbocycles. The van der Waals surface area contributed by atoms with Crippen molar-refractivity contribution in [2.24, 2.45) is 4.99 Å². The molecule has 0 unspecified atom stereocenters. The number of rotatable bonds is 7. The minimum Gasteiger partial charge on any atom is -0.334 e. The normalized spacial score (nSPS) is 15.2. The molecule has 0 spiro atoms. The summed E-state index contributed by atoms with van der Waals surface area (Å²) in [4.78, 5) is 4.65. The van der Waals surface area contributed by atoms with E-state index in [0.717, 1.165) is 33.8 Å². The Balaban J connectivity index is 1.55. The molecule has 4 heterocycles. The van der Waals surface area contributed by atoms with Crippen LogP contribution in [0, 0.1) is 23.7 Å². The zero-order chi connectivity index (χ0) is 23.0. The number of pyridine rings is 1. The van der Waals surface area contributed by atoms with Crippen molar-refractivity contribution in [1.82, 2.24) is 24.5 Å². The monoisotopic (exact) mass is 458 g/mol. The van der Waals surface area contributed by atoms with Crippen molar-refractivity contribution in [3.05, 3.63) is 64.6 Å². The van der Waals surface area contributed by atoms with E-state index in [4.69, 9.17) is 22.3 Å². The first-order valence-corrected chi connectivity index (χ1v) is 11.1. The molecule has 0 bridgehead atoms. The standard InChI is InChI=1S/C24H23ClN8/c1-16-30-31-23-6-5-20-22(33(16)23)12-21(32(20)13-17-3-2-4-18(25)11-17)19(27)7-10-29-24(8-9-26)14-28-15-24/h2-6,10-12,27-28H,7-8,13-15H2,1H3. The molecule has 0 amide bonds. The first kappa shape index (κ1) is 21.3. The molecule has 1 aliphatic heterocycles. The van der Waals surface area contributed by atoms with Gasteiger partial charge in [-0.1, -0.05) is 23.7 Å². The predicted molar refractivity (Wildman–Crippen MR) is 130 cm³/mol. The van der Waals surface area contributed by atoms with Gasteiger partial charge in [0, 0.05) is 37.3 Å². The van der Waals surface area contributed by atoms with Crippen LogP contribution in [0.25, 0.3) is 16.7 Å². The van der Waals surface area contributed by atoms with E-state index in [1.165, 1.54) is 0 Å². The molecule has 1 aliphatic rings. The third-order valence-electron chi connectivity index (χ3n) is 6.11. The molecule has 0 atom stereocenters. The molecule has 9 heteroatoms. The van der Waals surface area contributed by atoms with Gasteiger partial charge in [0.15, 0.2) is 5.65 Å². The summed E-state index contributed by atoms with van der Waals surface area (Å²) in [5.41, 5.74) is 4.68. The number of hydrogen-bond donors (Lipinski definition) is 2. The lowest BCUT2D eigenvalue weighted by molar-refractivity contribution is 0.290. The molecular weight excluding hydrogens is 436 g/mol. The Morgan fingerprint density at radius 3 is 2.85 bits per heavy atom. The third-order valence-corrected chi connectivity index (χ3v) is 6.35. The average Bonchev–Trinajstić information content (AvgIpc) is 3.32. The van der Waals surface area contributed by atoms with Crippen LogP contribution in [0.1, 0.15) is 29.9 Å². The number of aliphatic imine (C=N–C) groups is 1. The van der Waals surface area contributed by atoms with Gasteiger partial charge in [-0.05, 0) is 42.8 Å². The molecule has 8 nitrogen and oxygen atoms in total. The lowest BCUT2D eigenvalue weighted by Crippen LogP contribution is -2.58.